The first kappa shape index (κ1) is 21.6. The van der Waals surface area contributed by atoms with Crippen molar-refractivity contribution in [3.05, 3.63) is 0 Å². The third-order valence-corrected chi connectivity index (χ3v) is 1.98. The summed E-state index contributed by atoms with van der Waals surface area (Å²) in [6.07, 6.45) is 0. The molecule has 0 saturated heterocycles. The van der Waals surface area contributed by atoms with Gasteiger partial charge in [0.05, 0.1) is 11.9 Å². The first-order valence-electron chi connectivity index (χ1n) is 5.04. The van der Waals surface area contributed by atoms with E-state index in [1.165, 1.54) is 0 Å². The van der Waals surface area contributed by atoms with E-state index in [4.69, 9.17) is 11.5 Å². The van der Waals surface area contributed by atoms with Crippen LogP contribution < -0.4 is 21.7 Å². The molecule has 0 aliphatic rings. The van der Waals surface area contributed by atoms with Crippen LogP contribution in [0.3, 0.4) is 0 Å². The second kappa shape index (κ2) is 10.5. The number of carboxylic acids is 2. The summed E-state index contributed by atoms with van der Waals surface area (Å²) in [5.74, 6) is -2.44. The molecule has 0 rings (SSSR count). The number of hydrogen-bond donors (Lipinski definition) is 2. The smallest absolute Gasteiger partial charge is 0.548 e. The molecule has 0 aromatic carbocycles. The summed E-state index contributed by atoms with van der Waals surface area (Å²) >= 11 is 0. The van der Waals surface area contributed by atoms with Crippen LogP contribution in [-0.2, 0) is 26.7 Å². The minimum absolute atomic E-state index is 0. The van der Waals surface area contributed by atoms with Crippen LogP contribution in [0.1, 0.15) is 27.7 Å². The molecular formula is C10H20CuN2O4. The average Bonchev–Trinajstić information content (AvgIpc) is 2.15. The van der Waals surface area contributed by atoms with Crippen molar-refractivity contribution in [2.75, 3.05) is 0 Å². The van der Waals surface area contributed by atoms with Crippen LogP contribution in [0.25, 0.3) is 0 Å². The van der Waals surface area contributed by atoms with E-state index in [1.807, 2.05) is 0 Å². The fraction of sp³-hybridized carbons (Fsp3) is 0.800. The van der Waals surface area contributed by atoms with Crippen LogP contribution in [0, 0.1) is 11.8 Å². The standard InChI is InChI=1S/2C5H11NO2.Cu/c2*1-3(2)4(6)5(7)8;/h2*3-4H,6H2,1-2H3,(H,7,8);/q;;+2/p-2. The summed E-state index contributed by atoms with van der Waals surface area (Å²) in [7, 11) is 0. The van der Waals surface area contributed by atoms with Gasteiger partial charge in [-0.3, -0.25) is 0 Å². The van der Waals surface area contributed by atoms with Gasteiger partial charge in [-0.25, -0.2) is 0 Å². The summed E-state index contributed by atoms with van der Waals surface area (Å²) < 4.78 is 0. The summed E-state index contributed by atoms with van der Waals surface area (Å²) in [4.78, 5) is 19.8. The van der Waals surface area contributed by atoms with Gasteiger partial charge in [0, 0.05) is 12.1 Å². The van der Waals surface area contributed by atoms with Crippen LogP contribution in [0.15, 0.2) is 0 Å². The van der Waals surface area contributed by atoms with E-state index < -0.39 is 24.0 Å². The monoisotopic (exact) mass is 295 g/mol. The van der Waals surface area contributed by atoms with Gasteiger partial charge in [0.15, 0.2) is 0 Å². The number of rotatable bonds is 4. The largest absolute Gasteiger partial charge is 2.00 e. The van der Waals surface area contributed by atoms with Crippen molar-refractivity contribution in [2.45, 2.75) is 39.8 Å². The van der Waals surface area contributed by atoms with Gasteiger partial charge in [-0.15, -0.1) is 0 Å². The summed E-state index contributed by atoms with van der Waals surface area (Å²) in [6.45, 7) is 6.95. The SMILES string of the molecule is CC(C)C(N)C(=O)[O-].CC(C)C(N)C(=O)[O-].[Cu+2]. The van der Waals surface area contributed by atoms with Crippen molar-refractivity contribution < 1.29 is 36.9 Å². The quantitative estimate of drug-likeness (QED) is 0.548. The van der Waals surface area contributed by atoms with Crippen molar-refractivity contribution in [1.82, 2.24) is 0 Å². The van der Waals surface area contributed by atoms with Crippen molar-refractivity contribution in [2.24, 2.45) is 23.3 Å². The minimum Gasteiger partial charge on any atom is -0.548 e. The molecule has 0 aromatic rings. The molecule has 0 saturated carbocycles. The molecule has 0 spiro atoms. The fourth-order valence-corrected chi connectivity index (χ4v) is 0.544. The van der Waals surface area contributed by atoms with Gasteiger partial charge < -0.3 is 31.3 Å². The average molecular weight is 296 g/mol. The molecule has 0 amide bonds. The van der Waals surface area contributed by atoms with Crippen LogP contribution in [0.4, 0.5) is 0 Å². The molecule has 0 aliphatic heterocycles. The Morgan fingerprint density at radius 1 is 0.824 bits per heavy atom. The number of nitrogens with two attached hydrogens (primary N) is 2. The van der Waals surface area contributed by atoms with Crippen LogP contribution >= 0.6 is 0 Å². The molecule has 105 valence electrons. The molecular weight excluding hydrogens is 276 g/mol. The van der Waals surface area contributed by atoms with E-state index in [1.54, 1.807) is 27.7 Å². The Kier molecular flexibility index (Phi) is 13.4. The van der Waals surface area contributed by atoms with Crippen molar-refractivity contribution in [3.8, 4) is 0 Å². The minimum atomic E-state index is -1.18. The third-order valence-electron chi connectivity index (χ3n) is 1.98. The molecule has 4 N–H and O–H groups in total. The zero-order chi connectivity index (χ0) is 13.5. The molecule has 2 unspecified atom stereocenters. The maximum absolute atomic E-state index is 9.90. The Morgan fingerprint density at radius 2 is 1.00 bits per heavy atom. The Morgan fingerprint density at radius 3 is 1.00 bits per heavy atom. The Labute approximate surface area is 112 Å². The van der Waals surface area contributed by atoms with Gasteiger partial charge in [0.25, 0.3) is 0 Å². The van der Waals surface area contributed by atoms with E-state index in [0.29, 0.717) is 0 Å². The predicted octanol–water partition coefficient (Wildman–Crippen LogP) is -2.56. The van der Waals surface area contributed by atoms with Gasteiger partial charge >= 0.3 is 17.1 Å². The molecule has 0 aromatic heterocycles. The van der Waals surface area contributed by atoms with Gasteiger partial charge in [-0.1, -0.05) is 27.7 Å². The van der Waals surface area contributed by atoms with E-state index >= 15 is 0 Å². The normalized spacial score (nSPS) is 13.2. The van der Waals surface area contributed by atoms with Crippen LogP contribution in [0.5, 0.6) is 0 Å². The number of carboxylic acid groups (broad SMARTS) is 2. The molecule has 17 heavy (non-hydrogen) atoms. The molecule has 0 heterocycles. The zero-order valence-corrected chi connectivity index (χ0v) is 11.3. The van der Waals surface area contributed by atoms with Gasteiger partial charge in [-0.2, -0.15) is 0 Å². The maximum Gasteiger partial charge on any atom is 2.00 e. The summed E-state index contributed by atoms with van der Waals surface area (Å²) in [6, 6.07) is -1.65. The number of carbonyl (C=O) groups is 2. The number of hydrogen-bond acceptors (Lipinski definition) is 6. The van der Waals surface area contributed by atoms with E-state index in [9.17, 15) is 19.8 Å². The topological polar surface area (TPSA) is 132 Å². The fourth-order valence-electron chi connectivity index (χ4n) is 0.544. The number of aliphatic carboxylic acids is 2. The second-order valence-electron chi connectivity index (χ2n) is 4.18. The van der Waals surface area contributed by atoms with E-state index in [2.05, 4.69) is 0 Å². The summed E-state index contributed by atoms with van der Waals surface area (Å²) in [5, 5.41) is 19.8. The van der Waals surface area contributed by atoms with Gasteiger partial charge in [0.2, 0.25) is 0 Å². The number of carbonyl (C=O) groups excluding carboxylic acids is 2. The molecule has 2 atom stereocenters. The summed E-state index contributed by atoms with van der Waals surface area (Å²) in [5.41, 5.74) is 10.2. The van der Waals surface area contributed by atoms with E-state index in [-0.39, 0.29) is 28.9 Å². The third kappa shape index (κ3) is 11.6. The molecule has 6 nitrogen and oxygen atoms in total. The molecule has 0 fully saturated rings. The van der Waals surface area contributed by atoms with Crippen LogP contribution in [0.2, 0.25) is 0 Å². The second-order valence-corrected chi connectivity index (χ2v) is 4.18. The van der Waals surface area contributed by atoms with Crippen molar-refractivity contribution >= 4 is 11.9 Å². The molecule has 0 bridgehead atoms. The Bertz CT molecular complexity index is 210. The Hall–Kier alpha value is -0.621. The zero-order valence-electron chi connectivity index (χ0n) is 10.4. The van der Waals surface area contributed by atoms with Crippen molar-refractivity contribution in [1.29, 1.82) is 0 Å². The first-order chi connectivity index (χ1) is 7.11. The molecule has 7 heteroatoms. The van der Waals surface area contributed by atoms with Crippen LogP contribution in [-0.4, -0.2) is 24.0 Å². The predicted molar refractivity (Wildman–Crippen MR) is 55.6 cm³/mol. The van der Waals surface area contributed by atoms with E-state index in [0.717, 1.165) is 0 Å². The van der Waals surface area contributed by atoms with Crippen molar-refractivity contribution in [3.63, 3.8) is 0 Å². The maximum atomic E-state index is 9.90. The molecule has 0 aliphatic carbocycles. The molecule has 1 radical (unpaired) electrons. The first-order valence-corrected chi connectivity index (χ1v) is 5.04. The van der Waals surface area contributed by atoms with Gasteiger partial charge in [-0.05, 0) is 11.8 Å². The Balaban J connectivity index is -0.000000218. The van der Waals surface area contributed by atoms with Gasteiger partial charge in [0.1, 0.15) is 0 Å².